The third-order valence-corrected chi connectivity index (χ3v) is 3.66. The molecular formula is C17H24N2O4. The zero-order valence-corrected chi connectivity index (χ0v) is 13.9. The van der Waals surface area contributed by atoms with Gasteiger partial charge in [-0.2, -0.15) is 0 Å². The van der Waals surface area contributed by atoms with Crippen molar-refractivity contribution < 1.29 is 19.4 Å². The Morgan fingerprint density at radius 1 is 1.22 bits per heavy atom. The van der Waals surface area contributed by atoms with E-state index in [-0.39, 0.29) is 6.54 Å². The molecule has 0 saturated carbocycles. The van der Waals surface area contributed by atoms with Crippen LogP contribution in [-0.2, 0) is 16.1 Å². The summed E-state index contributed by atoms with van der Waals surface area (Å²) in [5.74, 6) is -0.922. The lowest BCUT2D eigenvalue weighted by molar-refractivity contribution is -0.145. The third kappa shape index (κ3) is 4.96. The van der Waals surface area contributed by atoms with Gasteiger partial charge in [-0.1, -0.05) is 30.3 Å². The summed E-state index contributed by atoms with van der Waals surface area (Å²) in [5, 5.41) is 9.50. The molecule has 0 radical (unpaired) electrons. The maximum atomic E-state index is 12.1. The van der Waals surface area contributed by atoms with Crippen LogP contribution in [0.1, 0.15) is 26.3 Å². The van der Waals surface area contributed by atoms with E-state index in [0.717, 1.165) is 5.56 Å². The van der Waals surface area contributed by atoms with Crippen LogP contribution in [0.2, 0.25) is 0 Å². The van der Waals surface area contributed by atoms with Crippen LogP contribution in [-0.4, -0.2) is 58.2 Å². The van der Waals surface area contributed by atoms with E-state index in [1.807, 2.05) is 35.2 Å². The van der Waals surface area contributed by atoms with Gasteiger partial charge >= 0.3 is 12.1 Å². The van der Waals surface area contributed by atoms with Crippen LogP contribution in [0.5, 0.6) is 0 Å². The van der Waals surface area contributed by atoms with Gasteiger partial charge in [0.05, 0.1) is 6.54 Å². The average molecular weight is 320 g/mol. The molecule has 0 bridgehead atoms. The molecule has 1 aromatic carbocycles. The molecular weight excluding hydrogens is 296 g/mol. The number of carboxylic acids is 1. The number of carboxylic acid groups (broad SMARTS) is 1. The SMILES string of the molecule is CC(C)(C)OC(=O)N1CCN(Cc2ccccc2)C(C(=O)O)C1. The molecule has 1 aliphatic rings. The van der Waals surface area contributed by atoms with Gasteiger partial charge in [0.15, 0.2) is 0 Å². The monoisotopic (exact) mass is 320 g/mol. The highest BCUT2D eigenvalue weighted by molar-refractivity contribution is 5.76. The summed E-state index contributed by atoms with van der Waals surface area (Å²) in [5.41, 5.74) is 0.473. The largest absolute Gasteiger partial charge is 0.480 e. The molecule has 1 fully saturated rings. The molecule has 6 heteroatoms. The maximum absolute atomic E-state index is 12.1. The van der Waals surface area contributed by atoms with Crippen molar-refractivity contribution >= 4 is 12.1 Å². The summed E-state index contributed by atoms with van der Waals surface area (Å²) in [6.07, 6.45) is -0.455. The number of nitrogens with zero attached hydrogens (tertiary/aromatic N) is 2. The second kappa shape index (κ2) is 7.00. The summed E-state index contributed by atoms with van der Waals surface area (Å²) >= 11 is 0. The minimum Gasteiger partial charge on any atom is -0.480 e. The van der Waals surface area contributed by atoms with Gasteiger partial charge in [-0.25, -0.2) is 4.79 Å². The van der Waals surface area contributed by atoms with Gasteiger partial charge in [0.25, 0.3) is 0 Å². The van der Waals surface area contributed by atoms with Gasteiger partial charge in [0.2, 0.25) is 0 Å². The van der Waals surface area contributed by atoms with E-state index in [4.69, 9.17) is 4.74 Å². The molecule has 0 spiro atoms. The molecule has 1 aliphatic heterocycles. The van der Waals surface area contributed by atoms with Crippen molar-refractivity contribution in [2.45, 2.75) is 39.0 Å². The smallest absolute Gasteiger partial charge is 0.410 e. The zero-order chi connectivity index (χ0) is 17.0. The molecule has 1 atom stereocenters. The first-order valence-corrected chi connectivity index (χ1v) is 7.75. The van der Waals surface area contributed by atoms with E-state index in [0.29, 0.717) is 19.6 Å². The van der Waals surface area contributed by atoms with Gasteiger partial charge in [-0.3, -0.25) is 9.69 Å². The molecule has 6 nitrogen and oxygen atoms in total. The molecule has 1 aromatic rings. The fraction of sp³-hybridized carbons (Fsp3) is 0.529. The number of benzene rings is 1. The minimum atomic E-state index is -0.922. The molecule has 1 heterocycles. The molecule has 1 amide bonds. The van der Waals surface area contributed by atoms with Crippen molar-refractivity contribution in [2.75, 3.05) is 19.6 Å². The highest BCUT2D eigenvalue weighted by atomic mass is 16.6. The number of ether oxygens (including phenoxy) is 1. The number of piperazine rings is 1. The molecule has 0 aliphatic carbocycles. The fourth-order valence-corrected chi connectivity index (χ4v) is 2.55. The predicted octanol–water partition coefficient (Wildman–Crippen LogP) is 2.19. The van der Waals surface area contributed by atoms with Crippen molar-refractivity contribution in [3.8, 4) is 0 Å². The highest BCUT2D eigenvalue weighted by Crippen LogP contribution is 2.17. The van der Waals surface area contributed by atoms with Gasteiger partial charge in [0.1, 0.15) is 11.6 Å². The second-order valence-electron chi connectivity index (χ2n) is 6.74. The van der Waals surface area contributed by atoms with Crippen molar-refractivity contribution in [3.63, 3.8) is 0 Å². The van der Waals surface area contributed by atoms with E-state index in [9.17, 15) is 14.7 Å². The molecule has 1 unspecified atom stereocenters. The Balaban J connectivity index is 2.03. The number of carbonyl (C=O) groups excluding carboxylic acids is 1. The van der Waals surface area contributed by atoms with Crippen LogP contribution in [0, 0.1) is 0 Å². The number of hydrogen-bond donors (Lipinski definition) is 1. The Morgan fingerprint density at radius 3 is 2.43 bits per heavy atom. The topological polar surface area (TPSA) is 70.1 Å². The number of hydrogen-bond acceptors (Lipinski definition) is 4. The van der Waals surface area contributed by atoms with Gasteiger partial charge < -0.3 is 14.7 Å². The second-order valence-corrected chi connectivity index (χ2v) is 6.74. The van der Waals surface area contributed by atoms with E-state index < -0.39 is 23.7 Å². The average Bonchev–Trinajstić information content (AvgIpc) is 2.46. The van der Waals surface area contributed by atoms with Crippen molar-refractivity contribution in [1.29, 1.82) is 0 Å². The van der Waals surface area contributed by atoms with Crippen LogP contribution >= 0.6 is 0 Å². The predicted molar refractivity (Wildman–Crippen MR) is 86.1 cm³/mol. The summed E-state index contributed by atoms with van der Waals surface area (Å²) in [4.78, 5) is 27.1. The lowest BCUT2D eigenvalue weighted by atomic mass is 10.1. The van der Waals surface area contributed by atoms with Crippen LogP contribution < -0.4 is 0 Å². The first-order chi connectivity index (χ1) is 10.8. The zero-order valence-electron chi connectivity index (χ0n) is 13.9. The number of amides is 1. The van der Waals surface area contributed by atoms with Gasteiger partial charge in [-0.15, -0.1) is 0 Å². The quantitative estimate of drug-likeness (QED) is 0.924. The van der Waals surface area contributed by atoms with Crippen molar-refractivity contribution in [2.24, 2.45) is 0 Å². The number of aliphatic carboxylic acids is 1. The first-order valence-electron chi connectivity index (χ1n) is 7.75. The first kappa shape index (κ1) is 17.3. The Kier molecular flexibility index (Phi) is 5.26. The molecule has 1 N–H and O–H groups in total. The van der Waals surface area contributed by atoms with Gasteiger partial charge in [-0.05, 0) is 26.3 Å². The minimum absolute atomic E-state index is 0.136. The Morgan fingerprint density at radius 2 is 1.87 bits per heavy atom. The lowest BCUT2D eigenvalue weighted by Crippen LogP contribution is -2.57. The van der Waals surface area contributed by atoms with E-state index in [1.54, 1.807) is 20.8 Å². The fourth-order valence-electron chi connectivity index (χ4n) is 2.55. The van der Waals surface area contributed by atoms with Gasteiger partial charge in [0, 0.05) is 19.6 Å². The van der Waals surface area contributed by atoms with Crippen LogP contribution in [0.3, 0.4) is 0 Å². The van der Waals surface area contributed by atoms with Crippen molar-refractivity contribution in [3.05, 3.63) is 35.9 Å². The summed E-state index contributed by atoms with van der Waals surface area (Å²) in [6, 6.07) is 9.01. The standard InChI is InChI=1S/C17H24N2O4/c1-17(2,3)23-16(22)19-10-9-18(14(12-19)15(20)21)11-13-7-5-4-6-8-13/h4-8,14H,9-12H2,1-3H3,(H,20,21). The summed E-state index contributed by atoms with van der Waals surface area (Å²) in [7, 11) is 0. The maximum Gasteiger partial charge on any atom is 0.410 e. The van der Waals surface area contributed by atoms with E-state index >= 15 is 0 Å². The molecule has 0 aromatic heterocycles. The molecule has 126 valence electrons. The number of carbonyl (C=O) groups is 2. The molecule has 1 saturated heterocycles. The summed E-state index contributed by atoms with van der Waals surface area (Å²) < 4.78 is 5.33. The van der Waals surface area contributed by atoms with E-state index in [2.05, 4.69) is 0 Å². The summed E-state index contributed by atoms with van der Waals surface area (Å²) in [6.45, 7) is 7.05. The normalized spacial score (nSPS) is 19.4. The Bertz CT molecular complexity index is 553. The van der Waals surface area contributed by atoms with Crippen LogP contribution in [0.15, 0.2) is 30.3 Å². The van der Waals surface area contributed by atoms with Crippen LogP contribution in [0.25, 0.3) is 0 Å². The van der Waals surface area contributed by atoms with E-state index in [1.165, 1.54) is 4.90 Å². The third-order valence-electron chi connectivity index (χ3n) is 3.66. The lowest BCUT2D eigenvalue weighted by Gasteiger charge is -2.39. The van der Waals surface area contributed by atoms with Crippen molar-refractivity contribution in [1.82, 2.24) is 9.80 Å². The van der Waals surface area contributed by atoms with Crippen LogP contribution in [0.4, 0.5) is 4.79 Å². The Labute approximate surface area is 136 Å². The highest BCUT2D eigenvalue weighted by Gasteiger charge is 2.35. The number of rotatable bonds is 3. The Hall–Kier alpha value is -2.08. The molecule has 2 rings (SSSR count). The molecule has 23 heavy (non-hydrogen) atoms.